The molecule has 132 valence electrons. The van der Waals surface area contributed by atoms with Gasteiger partial charge >= 0.3 is 5.97 Å². The van der Waals surface area contributed by atoms with E-state index in [9.17, 15) is 14.0 Å². The fraction of sp³-hybridized carbons (Fsp3) is 0.529. The van der Waals surface area contributed by atoms with Gasteiger partial charge in [-0.3, -0.25) is 9.59 Å². The third kappa shape index (κ3) is 4.92. The number of carboxylic acids is 1. The van der Waals surface area contributed by atoms with Crippen molar-refractivity contribution in [3.8, 4) is 5.75 Å². The standard InChI is InChI=1S/C17H22FNO5/c1-23-15-4-2-12(10-14(15)18)3-5-16(20)19(11-17(21)22)13-6-8-24-9-7-13/h2,4,10,13H,3,5-9,11H2,1H3,(H,21,22). The number of carboxylic acid groups (broad SMARTS) is 1. The molecule has 0 aromatic heterocycles. The summed E-state index contributed by atoms with van der Waals surface area (Å²) in [5.41, 5.74) is 0.670. The highest BCUT2D eigenvalue weighted by molar-refractivity contribution is 5.81. The number of aryl methyl sites for hydroxylation is 1. The van der Waals surface area contributed by atoms with Crippen LogP contribution in [0.3, 0.4) is 0 Å². The number of amides is 1. The third-order valence-corrected chi connectivity index (χ3v) is 4.10. The second kappa shape index (κ2) is 8.63. The van der Waals surface area contributed by atoms with Gasteiger partial charge in [-0.1, -0.05) is 6.07 Å². The number of ether oxygens (including phenoxy) is 2. The van der Waals surface area contributed by atoms with E-state index in [2.05, 4.69) is 0 Å². The number of aliphatic carboxylic acids is 1. The SMILES string of the molecule is COc1ccc(CCC(=O)N(CC(=O)O)C2CCOCC2)cc1F. The molecule has 2 rings (SSSR count). The lowest BCUT2D eigenvalue weighted by molar-refractivity contribution is -0.147. The highest BCUT2D eigenvalue weighted by Gasteiger charge is 2.27. The lowest BCUT2D eigenvalue weighted by Crippen LogP contribution is -2.46. The molecule has 24 heavy (non-hydrogen) atoms. The summed E-state index contributed by atoms with van der Waals surface area (Å²) in [6.45, 7) is 0.732. The summed E-state index contributed by atoms with van der Waals surface area (Å²) >= 11 is 0. The maximum atomic E-state index is 13.7. The number of carbonyl (C=O) groups is 2. The van der Waals surface area contributed by atoms with E-state index in [0.717, 1.165) is 0 Å². The number of nitrogens with zero attached hydrogens (tertiary/aromatic N) is 1. The highest BCUT2D eigenvalue weighted by atomic mass is 19.1. The molecular formula is C17H22FNO5. The fourth-order valence-corrected chi connectivity index (χ4v) is 2.82. The van der Waals surface area contributed by atoms with Crippen LogP contribution in [0.25, 0.3) is 0 Å². The molecule has 1 aliphatic rings. The summed E-state index contributed by atoms with van der Waals surface area (Å²) < 4.78 is 23.8. The Balaban J connectivity index is 1.98. The van der Waals surface area contributed by atoms with Crippen molar-refractivity contribution in [2.45, 2.75) is 31.7 Å². The summed E-state index contributed by atoms with van der Waals surface area (Å²) in [5, 5.41) is 9.05. The van der Waals surface area contributed by atoms with Crippen molar-refractivity contribution in [2.24, 2.45) is 0 Å². The van der Waals surface area contributed by atoms with Crippen LogP contribution in [0.15, 0.2) is 18.2 Å². The zero-order chi connectivity index (χ0) is 17.5. The first-order valence-corrected chi connectivity index (χ1v) is 7.92. The molecule has 1 fully saturated rings. The smallest absolute Gasteiger partial charge is 0.323 e. The van der Waals surface area contributed by atoms with E-state index in [0.29, 0.717) is 38.0 Å². The van der Waals surface area contributed by atoms with Crippen LogP contribution in [0.1, 0.15) is 24.8 Å². The Morgan fingerprint density at radius 1 is 1.38 bits per heavy atom. The van der Waals surface area contributed by atoms with E-state index in [1.54, 1.807) is 6.07 Å². The summed E-state index contributed by atoms with van der Waals surface area (Å²) in [6.07, 6.45) is 1.75. The molecule has 7 heteroatoms. The number of methoxy groups -OCH3 is 1. The van der Waals surface area contributed by atoms with Crippen molar-refractivity contribution in [1.29, 1.82) is 0 Å². The predicted molar refractivity (Wildman–Crippen MR) is 84.5 cm³/mol. The first-order valence-electron chi connectivity index (χ1n) is 7.92. The van der Waals surface area contributed by atoms with Gasteiger partial charge in [0.15, 0.2) is 11.6 Å². The van der Waals surface area contributed by atoms with Crippen LogP contribution in [0, 0.1) is 5.82 Å². The van der Waals surface area contributed by atoms with Gasteiger partial charge in [-0.2, -0.15) is 0 Å². The zero-order valence-electron chi connectivity index (χ0n) is 13.7. The van der Waals surface area contributed by atoms with E-state index in [4.69, 9.17) is 14.6 Å². The fourth-order valence-electron chi connectivity index (χ4n) is 2.82. The van der Waals surface area contributed by atoms with E-state index >= 15 is 0 Å². The van der Waals surface area contributed by atoms with Gasteiger partial charge in [0.05, 0.1) is 7.11 Å². The minimum absolute atomic E-state index is 0.116. The molecule has 0 unspecified atom stereocenters. The summed E-state index contributed by atoms with van der Waals surface area (Å²) in [6, 6.07) is 4.44. The second-order valence-corrected chi connectivity index (χ2v) is 5.73. The number of carbonyl (C=O) groups excluding carboxylic acids is 1. The van der Waals surface area contributed by atoms with E-state index < -0.39 is 11.8 Å². The molecule has 1 N–H and O–H groups in total. The van der Waals surface area contributed by atoms with Crippen LogP contribution in [0.2, 0.25) is 0 Å². The molecule has 1 aromatic rings. The number of hydrogen-bond acceptors (Lipinski definition) is 4. The zero-order valence-corrected chi connectivity index (χ0v) is 13.7. The second-order valence-electron chi connectivity index (χ2n) is 5.73. The van der Waals surface area contributed by atoms with Gasteiger partial charge in [0, 0.05) is 25.7 Å². The molecule has 0 atom stereocenters. The first-order chi connectivity index (χ1) is 11.5. The third-order valence-electron chi connectivity index (χ3n) is 4.10. The lowest BCUT2D eigenvalue weighted by atomic mass is 10.0. The monoisotopic (exact) mass is 339 g/mol. The number of halogens is 1. The van der Waals surface area contributed by atoms with Gasteiger partial charge in [-0.05, 0) is 37.0 Å². The molecule has 0 spiro atoms. The Kier molecular flexibility index (Phi) is 6.54. The first kappa shape index (κ1) is 18.2. The average molecular weight is 339 g/mol. The van der Waals surface area contributed by atoms with Gasteiger partial charge < -0.3 is 19.5 Å². The van der Waals surface area contributed by atoms with Crippen molar-refractivity contribution >= 4 is 11.9 Å². The van der Waals surface area contributed by atoms with Crippen molar-refractivity contribution < 1.29 is 28.6 Å². The lowest BCUT2D eigenvalue weighted by Gasteiger charge is -2.33. The molecule has 0 radical (unpaired) electrons. The summed E-state index contributed by atoms with van der Waals surface area (Å²) in [4.78, 5) is 24.9. The number of benzene rings is 1. The Bertz CT molecular complexity index is 586. The molecule has 1 aliphatic heterocycles. The minimum atomic E-state index is -1.04. The molecule has 1 amide bonds. The van der Waals surface area contributed by atoms with Crippen LogP contribution in [-0.2, 0) is 20.7 Å². The predicted octanol–water partition coefficient (Wildman–Crippen LogP) is 1.86. The average Bonchev–Trinajstić information content (AvgIpc) is 2.58. The van der Waals surface area contributed by atoms with Gasteiger partial charge in [0.2, 0.25) is 5.91 Å². The van der Waals surface area contributed by atoms with Gasteiger partial charge in [0.25, 0.3) is 0 Å². The molecular weight excluding hydrogens is 317 g/mol. The van der Waals surface area contributed by atoms with Crippen LogP contribution >= 0.6 is 0 Å². The molecule has 1 aromatic carbocycles. The molecule has 1 saturated heterocycles. The highest BCUT2D eigenvalue weighted by Crippen LogP contribution is 2.20. The van der Waals surface area contributed by atoms with Crippen LogP contribution in [-0.4, -0.2) is 54.8 Å². The van der Waals surface area contributed by atoms with Crippen molar-refractivity contribution in [3.63, 3.8) is 0 Å². The van der Waals surface area contributed by atoms with Crippen LogP contribution in [0.4, 0.5) is 4.39 Å². The van der Waals surface area contributed by atoms with Crippen molar-refractivity contribution in [1.82, 2.24) is 4.90 Å². The summed E-state index contributed by atoms with van der Waals surface area (Å²) in [5.74, 6) is -1.60. The van der Waals surface area contributed by atoms with E-state index in [1.807, 2.05) is 0 Å². The van der Waals surface area contributed by atoms with Crippen molar-refractivity contribution in [3.05, 3.63) is 29.6 Å². The van der Waals surface area contributed by atoms with Crippen LogP contribution < -0.4 is 4.74 Å². The Labute approximate surface area is 140 Å². The Morgan fingerprint density at radius 3 is 2.67 bits per heavy atom. The van der Waals surface area contributed by atoms with E-state index in [1.165, 1.54) is 24.1 Å². The number of hydrogen-bond donors (Lipinski definition) is 1. The largest absolute Gasteiger partial charge is 0.494 e. The van der Waals surface area contributed by atoms with Crippen molar-refractivity contribution in [2.75, 3.05) is 26.9 Å². The maximum Gasteiger partial charge on any atom is 0.323 e. The van der Waals surface area contributed by atoms with Gasteiger partial charge in [0.1, 0.15) is 6.54 Å². The molecule has 0 saturated carbocycles. The number of rotatable bonds is 7. The normalized spacial score (nSPS) is 15.1. The molecule has 1 heterocycles. The van der Waals surface area contributed by atoms with Crippen LogP contribution in [0.5, 0.6) is 5.75 Å². The minimum Gasteiger partial charge on any atom is -0.494 e. The van der Waals surface area contributed by atoms with Gasteiger partial charge in [-0.25, -0.2) is 4.39 Å². The molecule has 6 nitrogen and oxygen atoms in total. The quantitative estimate of drug-likeness (QED) is 0.821. The Hall–Kier alpha value is -2.15. The molecule has 0 bridgehead atoms. The van der Waals surface area contributed by atoms with Gasteiger partial charge in [-0.15, -0.1) is 0 Å². The molecule has 0 aliphatic carbocycles. The Morgan fingerprint density at radius 2 is 2.08 bits per heavy atom. The summed E-state index contributed by atoms with van der Waals surface area (Å²) in [7, 11) is 1.39. The maximum absolute atomic E-state index is 13.7. The topological polar surface area (TPSA) is 76.1 Å². The van der Waals surface area contributed by atoms with E-state index in [-0.39, 0.29) is 30.7 Å².